The molecule has 0 atom stereocenters. The van der Waals surface area contributed by atoms with Crippen LogP contribution in [0.15, 0.2) is 12.1 Å². The maximum absolute atomic E-state index is 5.75. The van der Waals surface area contributed by atoms with Gasteiger partial charge in [-0.3, -0.25) is 0 Å². The number of methoxy groups -OCH3 is 1. The van der Waals surface area contributed by atoms with Crippen molar-refractivity contribution in [2.45, 2.75) is 13.3 Å². The molecule has 4 heteroatoms. The highest BCUT2D eigenvalue weighted by Crippen LogP contribution is 2.32. The number of hydrogen-bond donors (Lipinski definition) is 2. The molecule has 1 aromatic carbocycles. The van der Waals surface area contributed by atoms with E-state index in [1.807, 2.05) is 6.92 Å². The number of hydrogen-bond acceptors (Lipinski definition) is 4. The van der Waals surface area contributed by atoms with Crippen LogP contribution in [-0.2, 0) is 0 Å². The summed E-state index contributed by atoms with van der Waals surface area (Å²) in [4.78, 5) is 0. The number of anilines is 2. The molecule has 0 saturated carbocycles. The Morgan fingerprint density at radius 3 is 2.29 bits per heavy atom. The van der Waals surface area contributed by atoms with Gasteiger partial charge in [-0.2, -0.15) is 0 Å². The van der Waals surface area contributed by atoms with E-state index in [0.717, 1.165) is 6.42 Å². The highest BCUT2D eigenvalue weighted by atomic mass is 16.5. The van der Waals surface area contributed by atoms with Gasteiger partial charge < -0.3 is 20.9 Å². The van der Waals surface area contributed by atoms with Crippen LogP contribution in [0.2, 0.25) is 0 Å². The van der Waals surface area contributed by atoms with Crippen LogP contribution in [-0.4, -0.2) is 13.7 Å². The SMILES string of the molecule is CCCOc1cc(N)c(OC)cc1N. The van der Waals surface area contributed by atoms with Crippen molar-refractivity contribution < 1.29 is 9.47 Å². The normalized spacial score (nSPS) is 9.86. The Kier molecular flexibility index (Phi) is 3.45. The molecule has 0 aromatic heterocycles. The standard InChI is InChI=1S/C10H16N2O2/c1-3-4-14-10-6-7(11)9(13-2)5-8(10)12/h5-6H,3-4,11-12H2,1-2H3. The Hall–Kier alpha value is -1.58. The Balaban J connectivity index is 2.90. The van der Waals surface area contributed by atoms with Gasteiger partial charge in [-0.05, 0) is 6.42 Å². The molecule has 0 spiro atoms. The van der Waals surface area contributed by atoms with E-state index in [2.05, 4.69) is 0 Å². The molecule has 0 fully saturated rings. The van der Waals surface area contributed by atoms with Gasteiger partial charge >= 0.3 is 0 Å². The molecule has 0 aliphatic rings. The fourth-order valence-corrected chi connectivity index (χ4v) is 1.11. The first-order valence-electron chi connectivity index (χ1n) is 4.54. The van der Waals surface area contributed by atoms with E-state index in [0.29, 0.717) is 29.5 Å². The van der Waals surface area contributed by atoms with Crippen molar-refractivity contribution in [1.82, 2.24) is 0 Å². The minimum Gasteiger partial charge on any atom is -0.495 e. The Morgan fingerprint density at radius 1 is 1.14 bits per heavy atom. The fraction of sp³-hybridized carbons (Fsp3) is 0.400. The van der Waals surface area contributed by atoms with Gasteiger partial charge in [0.15, 0.2) is 0 Å². The molecule has 1 rings (SSSR count). The molecule has 78 valence electrons. The highest BCUT2D eigenvalue weighted by molar-refractivity contribution is 5.67. The first kappa shape index (κ1) is 10.5. The molecular weight excluding hydrogens is 180 g/mol. The van der Waals surface area contributed by atoms with E-state index in [1.165, 1.54) is 0 Å². The molecule has 0 bridgehead atoms. The van der Waals surface area contributed by atoms with Crippen LogP contribution in [0, 0.1) is 0 Å². The van der Waals surface area contributed by atoms with E-state index in [9.17, 15) is 0 Å². The molecule has 0 heterocycles. The van der Waals surface area contributed by atoms with Crippen LogP contribution < -0.4 is 20.9 Å². The minimum absolute atomic E-state index is 0.535. The summed E-state index contributed by atoms with van der Waals surface area (Å²) < 4.78 is 10.4. The third-order valence-corrected chi connectivity index (χ3v) is 1.82. The molecule has 0 amide bonds. The van der Waals surface area contributed by atoms with Crippen LogP contribution >= 0.6 is 0 Å². The highest BCUT2D eigenvalue weighted by Gasteiger charge is 2.06. The number of rotatable bonds is 4. The average molecular weight is 196 g/mol. The van der Waals surface area contributed by atoms with Crippen LogP contribution in [0.5, 0.6) is 11.5 Å². The summed E-state index contributed by atoms with van der Waals surface area (Å²) in [6, 6.07) is 3.35. The van der Waals surface area contributed by atoms with Crippen molar-refractivity contribution in [3.05, 3.63) is 12.1 Å². The van der Waals surface area contributed by atoms with Crippen molar-refractivity contribution in [2.75, 3.05) is 25.2 Å². The third-order valence-electron chi connectivity index (χ3n) is 1.82. The van der Waals surface area contributed by atoms with E-state index in [4.69, 9.17) is 20.9 Å². The van der Waals surface area contributed by atoms with Crippen LogP contribution in [0.3, 0.4) is 0 Å². The molecule has 1 aromatic rings. The van der Waals surface area contributed by atoms with Gasteiger partial charge in [0, 0.05) is 12.1 Å². The summed E-state index contributed by atoms with van der Waals surface area (Å²) in [5.74, 6) is 1.19. The average Bonchev–Trinajstić information content (AvgIpc) is 2.18. The van der Waals surface area contributed by atoms with Crippen molar-refractivity contribution in [3.8, 4) is 11.5 Å². The number of nitrogen functional groups attached to an aromatic ring is 2. The van der Waals surface area contributed by atoms with Gasteiger partial charge in [-0.25, -0.2) is 0 Å². The lowest BCUT2D eigenvalue weighted by Crippen LogP contribution is -2.01. The first-order valence-corrected chi connectivity index (χ1v) is 4.54. The van der Waals surface area contributed by atoms with E-state index in [1.54, 1.807) is 19.2 Å². The number of benzene rings is 1. The quantitative estimate of drug-likeness (QED) is 0.718. The predicted octanol–water partition coefficient (Wildman–Crippen LogP) is 1.65. The molecule has 0 aliphatic heterocycles. The van der Waals surface area contributed by atoms with E-state index >= 15 is 0 Å². The zero-order valence-corrected chi connectivity index (χ0v) is 8.54. The zero-order valence-electron chi connectivity index (χ0n) is 8.54. The Labute approximate surface area is 83.8 Å². The molecule has 14 heavy (non-hydrogen) atoms. The fourth-order valence-electron chi connectivity index (χ4n) is 1.11. The molecule has 0 saturated heterocycles. The summed E-state index contributed by atoms with van der Waals surface area (Å²) in [6.45, 7) is 2.67. The topological polar surface area (TPSA) is 70.5 Å². The molecular formula is C10H16N2O2. The Morgan fingerprint density at radius 2 is 1.71 bits per heavy atom. The summed E-state index contributed by atoms with van der Waals surface area (Å²) in [6.07, 6.45) is 0.936. The lowest BCUT2D eigenvalue weighted by molar-refractivity contribution is 0.318. The monoisotopic (exact) mass is 196 g/mol. The largest absolute Gasteiger partial charge is 0.495 e. The van der Waals surface area contributed by atoms with Crippen LogP contribution in [0.25, 0.3) is 0 Å². The second-order valence-corrected chi connectivity index (χ2v) is 2.98. The van der Waals surface area contributed by atoms with Gasteiger partial charge in [-0.15, -0.1) is 0 Å². The Bertz CT molecular complexity index is 313. The first-order chi connectivity index (χ1) is 6.69. The smallest absolute Gasteiger partial charge is 0.144 e. The van der Waals surface area contributed by atoms with Gasteiger partial charge in [0.05, 0.1) is 25.1 Å². The maximum atomic E-state index is 5.75. The van der Waals surface area contributed by atoms with Crippen LogP contribution in [0.1, 0.15) is 13.3 Å². The second kappa shape index (κ2) is 4.60. The van der Waals surface area contributed by atoms with Crippen LogP contribution in [0.4, 0.5) is 11.4 Å². The summed E-state index contributed by atoms with van der Waals surface area (Å²) in [5, 5.41) is 0. The van der Waals surface area contributed by atoms with Gasteiger partial charge in [0.25, 0.3) is 0 Å². The molecule has 4 N–H and O–H groups in total. The lowest BCUT2D eigenvalue weighted by atomic mass is 10.2. The number of ether oxygens (including phenoxy) is 2. The predicted molar refractivity (Wildman–Crippen MR) is 57.6 cm³/mol. The minimum atomic E-state index is 0.535. The van der Waals surface area contributed by atoms with Gasteiger partial charge in [0.1, 0.15) is 11.5 Å². The summed E-state index contributed by atoms with van der Waals surface area (Å²) >= 11 is 0. The third kappa shape index (κ3) is 2.22. The van der Waals surface area contributed by atoms with Crippen molar-refractivity contribution in [1.29, 1.82) is 0 Å². The van der Waals surface area contributed by atoms with Crippen molar-refractivity contribution in [3.63, 3.8) is 0 Å². The number of nitrogens with two attached hydrogens (primary N) is 2. The lowest BCUT2D eigenvalue weighted by Gasteiger charge is -2.11. The van der Waals surface area contributed by atoms with Crippen molar-refractivity contribution in [2.24, 2.45) is 0 Å². The second-order valence-electron chi connectivity index (χ2n) is 2.98. The van der Waals surface area contributed by atoms with E-state index < -0.39 is 0 Å². The van der Waals surface area contributed by atoms with Gasteiger partial charge in [0.2, 0.25) is 0 Å². The molecule has 4 nitrogen and oxygen atoms in total. The summed E-state index contributed by atoms with van der Waals surface area (Å²) in [5.41, 5.74) is 12.5. The van der Waals surface area contributed by atoms with E-state index in [-0.39, 0.29) is 0 Å². The molecule has 0 radical (unpaired) electrons. The van der Waals surface area contributed by atoms with Crippen molar-refractivity contribution >= 4 is 11.4 Å². The van der Waals surface area contributed by atoms with Gasteiger partial charge in [-0.1, -0.05) is 6.92 Å². The molecule has 0 unspecified atom stereocenters. The zero-order chi connectivity index (χ0) is 10.6. The summed E-state index contributed by atoms with van der Waals surface area (Å²) in [7, 11) is 1.55. The molecule has 0 aliphatic carbocycles. The maximum Gasteiger partial charge on any atom is 0.144 e.